The lowest BCUT2D eigenvalue weighted by molar-refractivity contribution is 0.0664. The first-order valence-electron chi connectivity index (χ1n) is 7.61. The molecule has 2 aromatic carbocycles. The first-order chi connectivity index (χ1) is 11.6. The number of ether oxygens (including phenoxy) is 1. The second-order valence-corrected chi connectivity index (χ2v) is 6.62. The first-order valence-corrected chi connectivity index (χ1v) is 8.77. The Morgan fingerprint density at radius 3 is 2.38 bits per heavy atom. The summed E-state index contributed by atoms with van der Waals surface area (Å²) in [6.07, 6.45) is 0. The van der Waals surface area contributed by atoms with Gasteiger partial charge in [0.1, 0.15) is 17.3 Å². The van der Waals surface area contributed by atoms with Gasteiger partial charge in [0.25, 0.3) is 11.8 Å². The number of hydrogen-bond acceptors (Lipinski definition) is 4. The molecule has 2 aromatic rings. The van der Waals surface area contributed by atoms with Crippen molar-refractivity contribution in [3.8, 4) is 11.5 Å². The van der Waals surface area contributed by atoms with Crippen LogP contribution in [-0.2, 0) is 0 Å². The van der Waals surface area contributed by atoms with Crippen LogP contribution in [-0.4, -0.2) is 34.8 Å². The van der Waals surface area contributed by atoms with Gasteiger partial charge < -0.3 is 4.74 Å². The number of imide groups is 1. The quantitative estimate of drug-likeness (QED) is 0.587. The number of fused-ring (bicyclic) bond motifs is 1. The molecule has 1 aliphatic heterocycles. The number of benzene rings is 2. The zero-order valence-corrected chi connectivity index (χ0v) is 13.9. The van der Waals surface area contributed by atoms with Crippen LogP contribution in [0.5, 0.6) is 11.5 Å². The fourth-order valence-electron chi connectivity index (χ4n) is 2.48. The molecule has 6 heteroatoms. The van der Waals surface area contributed by atoms with E-state index in [2.05, 4.69) is 0 Å². The molecule has 0 aliphatic carbocycles. The number of thioether (sulfide) groups is 1. The van der Waals surface area contributed by atoms with E-state index in [1.54, 1.807) is 30.0 Å². The lowest BCUT2D eigenvalue weighted by Crippen LogP contribution is -2.31. The SMILES string of the molecule is CCSCCN1C(=O)c2ccc(Oc3ccc(F)cc3)cc2C1=O. The molecule has 0 saturated carbocycles. The third kappa shape index (κ3) is 3.28. The van der Waals surface area contributed by atoms with Crippen LogP contribution in [0.4, 0.5) is 4.39 Å². The first kappa shape index (κ1) is 16.5. The number of nitrogens with zero attached hydrogens (tertiary/aromatic N) is 1. The number of amides is 2. The molecule has 4 nitrogen and oxygen atoms in total. The second-order valence-electron chi connectivity index (χ2n) is 5.22. The number of carbonyl (C=O) groups excluding carboxylic acids is 2. The Kier molecular flexibility index (Phi) is 4.85. The topological polar surface area (TPSA) is 46.6 Å². The van der Waals surface area contributed by atoms with Crippen LogP contribution in [0, 0.1) is 5.82 Å². The summed E-state index contributed by atoms with van der Waals surface area (Å²) in [7, 11) is 0. The molecular formula is C18H16FNO3S. The Hall–Kier alpha value is -2.34. The van der Waals surface area contributed by atoms with Gasteiger partial charge in [-0.25, -0.2) is 4.39 Å². The molecule has 3 rings (SSSR count). The second kappa shape index (κ2) is 7.05. The standard InChI is InChI=1S/C18H16FNO3S/c1-2-24-10-9-20-17(21)15-8-7-14(11-16(15)18(20)22)23-13-5-3-12(19)4-6-13/h3-8,11H,2,9-10H2,1H3. The van der Waals surface area contributed by atoms with Gasteiger partial charge in [-0.1, -0.05) is 6.92 Å². The van der Waals surface area contributed by atoms with Crippen molar-refractivity contribution in [2.75, 3.05) is 18.1 Å². The molecule has 0 aromatic heterocycles. The van der Waals surface area contributed by atoms with Gasteiger partial charge in [0.05, 0.1) is 11.1 Å². The molecule has 0 bridgehead atoms. The minimum Gasteiger partial charge on any atom is -0.457 e. The number of carbonyl (C=O) groups is 2. The van der Waals surface area contributed by atoms with Gasteiger partial charge in [-0.15, -0.1) is 0 Å². The Balaban J connectivity index is 1.78. The summed E-state index contributed by atoms with van der Waals surface area (Å²) < 4.78 is 18.5. The Bertz CT molecular complexity index is 776. The van der Waals surface area contributed by atoms with Crippen LogP contribution in [0.3, 0.4) is 0 Å². The molecule has 1 heterocycles. The lowest BCUT2D eigenvalue weighted by atomic mass is 10.1. The fraction of sp³-hybridized carbons (Fsp3) is 0.222. The van der Waals surface area contributed by atoms with E-state index in [1.807, 2.05) is 6.92 Å². The maximum absolute atomic E-state index is 12.9. The van der Waals surface area contributed by atoms with Gasteiger partial charge in [0, 0.05) is 12.3 Å². The summed E-state index contributed by atoms with van der Waals surface area (Å²) in [5.41, 5.74) is 0.745. The van der Waals surface area contributed by atoms with Crippen LogP contribution in [0.25, 0.3) is 0 Å². The molecule has 0 unspecified atom stereocenters. The highest BCUT2D eigenvalue weighted by Gasteiger charge is 2.35. The van der Waals surface area contributed by atoms with Crippen LogP contribution in [0.1, 0.15) is 27.6 Å². The summed E-state index contributed by atoms with van der Waals surface area (Å²) in [5.74, 6) is 1.66. The maximum atomic E-state index is 12.9. The lowest BCUT2D eigenvalue weighted by Gasteiger charge is -2.12. The van der Waals surface area contributed by atoms with Crippen LogP contribution >= 0.6 is 11.8 Å². The largest absolute Gasteiger partial charge is 0.457 e. The molecule has 2 amide bonds. The minimum absolute atomic E-state index is 0.264. The predicted molar refractivity (Wildman–Crippen MR) is 91.3 cm³/mol. The van der Waals surface area contributed by atoms with E-state index in [0.29, 0.717) is 29.2 Å². The predicted octanol–water partition coefficient (Wildman–Crippen LogP) is 3.97. The van der Waals surface area contributed by atoms with E-state index in [-0.39, 0.29) is 17.6 Å². The van der Waals surface area contributed by atoms with Crippen molar-refractivity contribution in [3.05, 3.63) is 59.4 Å². The summed E-state index contributed by atoms with van der Waals surface area (Å²) in [4.78, 5) is 26.0. The monoisotopic (exact) mass is 345 g/mol. The van der Waals surface area contributed by atoms with Crippen LogP contribution in [0.15, 0.2) is 42.5 Å². The summed E-state index contributed by atoms with van der Waals surface area (Å²) in [6, 6.07) is 10.4. The highest BCUT2D eigenvalue weighted by Crippen LogP contribution is 2.29. The molecule has 0 radical (unpaired) electrons. The normalized spacial score (nSPS) is 13.3. The smallest absolute Gasteiger partial charge is 0.261 e. The van der Waals surface area contributed by atoms with E-state index in [9.17, 15) is 14.0 Å². The zero-order valence-electron chi connectivity index (χ0n) is 13.1. The summed E-state index contributed by atoms with van der Waals surface area (Å²) in [6.45, 7) is 2.44. The molecule has 0 spiro atoms. The van der Waals surface area contributed by atoms with Crippen LogP contribution < -0.4 is 4.74 Å². The Labute approximate surface area is 143 Å². The Morgan fingerprint density at radius 2 is 1.67 bits per heavy atom. The molecule has 24 heavy (non-hydrogen) atoms. The van der Waals surface area contributed by atoms with Gasteiger partial charge in [0.2, 0.25) is 0 Å². The fourth-order valence-corrected chi connectivity index (χ4v) is 3.08. The van der Waals surface area contributed by atoms with Crippen molar-refractivity contribution < 1.29 is 18.7 Å². The molecule has 1 aliphatic rings. The van der Waals surface area contributed by atoms with Crippen molar-refractivity contribution in [2.45, 2.75) is 6.92 Å². The molecule has 0 saturated heterocycles. The Morgan fingerprint density at radius 1 is 1.00 bits per heavy atom. The van der Waals surface area contributed by atoms with E-state index >= 15 is 0 Å². The summed E-state index contributed by atoms with van der Waals surface area (Å²) in [5, 5.41) is 0. The average Bonchev–Trinajstić information content (AvgIpc) is 2.82. The van der Waals surface area contributed by atoms with E-state index in [0.717, 1.165) is 11.5 Å². The third-order valence-electron chi connectivity index (χ3n) is 3.65. The van der Waals surface area contributed by atoms with Crippen molar-refractivity contribution in [2.24, 2.45) is 0 Å². The van der Waals surface area contributed by atoms with Crippen molar-refractivity contribution in [1.29, 1.82) is 0 Å². The number of halogens is 1. The molecular weight excluding hydrogens is 329 g/mol. The van der Waals surface area contributed by atoms with Gasteiger partial charge >= 0.3 is 0 Å². The van der Waals surface area contributed by atoms with E-state index in [1.165, 1.54) is 29.2 Å². The number of hydrogen-bond donors (Lipinski definition) is 0. The minimum atomic E-state index is -0.349. The molecule has 0 atom stereocenters. The molecule has 0 N–H and O–H groups in total. The van der Waals surface area contributed by atoms with Gasteiger partial charge in [-0.05, 0) is 48.2 Å². The number of rotatable bonds is 6. The highest BCUT2D eigenvalue weighted by molar-refractivity contribution is 7.99. The van der Waals surface area contributed by atoms with Gasteiger partial charge in [-0.3, -0.25) is 14.5 Å². The van der Waals surface area contributed by atoms with Crippen molar-refractivity contribution in [1.82, 2.24) is 4.90 Å². The van der Waals surface area contributed by atoms with E-state index in [4.69, 9.17) is 4.74 Å². The zero-order chi connectivity index (χ0) is 17.1. The maximum Gasteiger partial charge on any atom is 0.261 e. The average molecular weight is 345 g/mol. The van der Waals surface area contributed by atoms with Gasteiger partial charge in [0.15, 0.2) is 0 Å². The summed E-state index contributed by atoms with van der Waals surface area (Å²) >= 11 is 1.68. The third-order valence-corrected chi connectivity index (χ3v) is 4.53. The molecule has 124 valence electrons. The van der Waals surface area contributed by atoms with Crippen molar-refractivity contribution >= 4 is 23.6 Å². The van der Waals surface area contributed by atoms with Crippen molar-refractivity contribution in [3.63, 3.8) is 0 Å². The van der Waals surface area contributed by atoms with E-state index < -0.39 is 0 Å². The van der Waals surface area contributed by atoms with Crippen LogP contribution in [0.2, 0.25) is 0 Å². The highest BCUT2D eigenvalue weighted by atomic mass is 32.2. The molecule has 0 fully saturated rings. The van der Waals surface area contributed by atoms with Gasteiger partial charge in [-0.2, -0.15) is 11.8 Å².